The van der Waals surface area contributed by atoms with Crippen LogP contribution in [0.3, 0.4) is 0 Å². The van der Waals surface area contributed by atoms with Crippen LogP contribution in [-0.4, -0.2) is 35.3 Å². The highest BCUT2D eigenvalue weighted by Gasteiger charge is 2.59. The Kier molecular flexibility index (Phi) is 4.37. The van der Waals surface area contributed by atoms with Crippen molar-refractivity contribution in [3.05, 3.63) is 65.2 Å². The van der Waals surface area contributed by atoms with Gasteiger partial charge in [0.15, 0.2) is 11.6 Å². The molecule has 0 radical (unpaired) electrons. The molecule has 29 heavy (non-hydrogen) atoms. The van der Waals surface area contributed by atoms with E-state index in [1.807, 2.05) is 0 Å². The van der Waals surface area contributed by atoms with Crippen molar-refractivity contribution < 1.29 is 23.2 Å². The second kappa shape index (κ2) is 6.65. The molecule has 1 fully saturated rings. The molecule has 1 saturated heterocycles. The van der Waals surface area contributed by atoms with Crippen molar-refractivity contribution in [1.29, 1.82) is 0 Å². The van der Waals surface area contributed by atoms with Crippen LogP contribution in [-0.2, 0) is 9.59 Å². The monoisotopic (exact) mass is 399 g/mol. The Balaban J connectivity index is 1.72. The molecule has 0 unspecified atom stereocenters. The number of likely N-dealkylation sites (N-methyl/N-ethyl adjacent to an activating group) is 1. The maximum Gasteiger partial charge on any atom is 0.267 e. The molecule has 150 valence electrons. The van der Waals surface area contributed by atoms with Gasteiger partial charge in [0.2, 0.25) is 11.6 Å². The summed E-state index contributed by atoms with van der Waals surface area (Å²) in [6.45, 7) is 1.63. The SMILES string of the molecule is C[C@@H](NC(=O)[C@@]12CCC(=O)N1c1ccccc1C(=O)N2C)c1ccc(F)c(F)c1. The molecule has 4 rings (SSSR count). The number of hydrogen-bond acceptors (Lipinski definition) is 3. The highest BCUT2D eigenvalue weighted by atomic mass is 19.2. The van der Waals surface area contributed by atoms with Gasteiger partial charge in [-0.25, -0.2) is 8.78 Å². The van der Waals surface area contributed by atoms with E-state index in [9.17, 15) is 23.2 Å². The topological polar surface area (TPSA) is 69.7 Å². The molecule has 2 aliphatic rings. The molecule has 2 atom stereocenters. The fourth-order valence-corrected chi connectivity index (χ4v) is 4.11. The molecule has 6 nitrogen and oxygen atoms in total. The van der Waals surface area contributed by atoms with Gasteiger partial charge in [0.25, 0.3) is 11.8 Å². The molecule has 0 spiro atoms. The molecule has 0 bridgehead atoms. The molecular weight excluding hydrogens is 380 g/mol. The van der Waals surface area contributed by atoms with Crippen molar-refractivity contribution in [2.24, 2.45) is 0 Å². The van der Waals surface area contributed by atoms with E-state index in [0.717, 1.165) is 12.1 Å². The normalized spacial score (nSPS) is 21.7. The van der Waals surface area contributed by atoms with E-state index in [-0.39, 0.29) is 24.7 Å². The number of halogens is 2. The van der Waals surface area contributed by atoms with Gasteiger partial charge in [-0.2, -0.15) is 0 Å². The van der Waals surface area contributed by atoms with Gasteiger partial charge in [-0.05, 0) is 36.8 Å². The molecule has 8 heteroatoms. The molecule has 1 N–H and O–H groups in total. The molecule has 0 aromatic heterocycles. The van der Waals surface area contributed by atoms with Gasteiger partial charge in [0.05, 0.1) is 17.3 Å². The zero-order chi connectivity index (χ0) is 20.9. The summed E-state index contributed by atoms with van der Waals surface area (Å²) in [6, 6.07) is 9.38. The Morgan fingerprint density at radius 3 is 2.59 bits per heavy atom. The number of anilines is 1. The van der Waals surface area contributed by atoms with E-state index in [0.29, 0.717) is 16.8 Å². The number of fused-ring (bicyclic) bond motifs is 3. The first-order valence-electron chi connectivity index (χ1n) is 9.23. The summed E-state index contributed by atoms with van der Waals surface area (Å²) in [6.07, 6.45) is 0.248. The Labute approximate surface area is 166 Å². The van der Waals surface area contributed by atoms with Crippen molar-refractivity contribution in [3.8, 4) is 0 Å². The van der Waals surface area contributed by atoms with Crippen molar-refractivity contribution in [3.63, 3.8) is 0 Å². The first kappa shape index (κ1) is 19.0. The molecular formula is C21H19F2N3O3. The van der Waals surface area contributed by atoms with Crippen LogP contribution in [0.1, 0.15) is 41.7 Å². The summed E-state index contributed by atoms with van der Waals surface area (Å²) in [4.78, 5) is 41.7. The third kappa shape index (κ3) is 2.70. The highest BCUT2D eigenvalue weighted by molar-refractivity contribution is 6.16. The van der Waals surface area contributed by atoms with Crippen molar-refractivity contribution in [1.82, 2.24) is 10.2 Å². The number of hydrogen-bond donors (Lipinski definition) is 1. The molecule has 2 aromatic rings. The van der Waals surface area contributed by atoms with E-state index < -0.39 is 29.2 Å². The van der Waals surface area contributed by atoms with Gasteiger partial charge in [-0.15, -0.1) is 0 Å². The number of para-hydroxylation sites is 1. The van der Waals surface area contributed by atoms with Gasteiger partial charge in [-0.1, -0.05) is 18.2 Å². The summed E-state index contributed by atoms with van der Waals surface area (Å²) < 4.78 is 26.8. The molecule has 2 aliphatic heterocycles. The van der Waals surface area contributed by atoms with E-state index in [2.05, 4.69) is 5.32 Å². The minimum Gasteiger partial charge on any atom is -0.346 e. The number of nitrogens with one attached hydrogen (secondary N) is 1. The molecule has 2 aromatic carbocycles. The lowest BCUT2D eigenvalue weighted by atomic mass is 9.95. The maximum absolute atomic E-state index is 13.6. The predicted molar refractivity (Wildman–Crippen MR) is 101 cm³/mol. The zero-order valence-corrected chi connectivity index (χ0v) is 15.9. The van der Waals surface area contributed by atoms with Crippen molar-refractivity contribution >= 4 is 23.4 Å². The Hall–Kier alpha value is -3.29. The summed E-state index contributed by atoms with van der Waals surface area (Å²) in [5.41, 5.74) is -0.388. The Morgan fingerprint density at radius 2 is 1.86 bits per heavy atom. The second-order valence-electron chi connectivity index (χ2n) is 7.30. The Bertz CT molecular complexity index is 1040. The number of amides is 3. The highest BCUT2D eigenvalue weighted by Crippen LogP contribution is 2.44. The quantitative estimate of drug-likeness (QED) is 0.863. The zero-order valence-electron chi connectivity index (χ0n) is 15.9. The third-order valence-corrected chi connectivity index (χ3v) is 5.70. The smallest absolute Gasteiger partial charge is 0.267 e. The Morgan fingerprint density at radius 1 is 1.14 bits per heavy atom. The number of rotatable bonds is 3. The number of benzene rings is 2. The van der Waals surface area contributed by atoms with Crippen LogP contribution in [0, 0.1) is 11.6 Å². The molecule has 0 aliphatic carbocycles. The average molecular weight is 399 g/mol. The van der Waals surface area contributed by atoms with Gasteiger partial charge in [0.1, 0.15) is 0 Å². The fourth-order valence-electron chi connectivity index (χ4n) is 4.11. The molecule has 0 saturated carbocycles. The van der Waals surface area contributed by atoms with Gasteiger partial charge in [-0.3, -0.25) is 19.3 Å². The van der Waals surface area contributed by atoms with Crippen LogP contribution in [0.25, 0.3) is 0 Å². The lowest BCUT2D eigenvalue weighted by Crippen LogP contribution is -2.69. The average Bonchev–Trinajstić information content (AvgIpc) is 3.06. The fraction of sp³-hybridized carbons (Fsp3) is 0.286. The number of carbonyl (C=O) groups is 3. The number of nitrogens with zero attached hydrogens (tertiary/aromatic N) is 2. The van der Waals surface area contributed by atoms with Crippen molar-refractivity contribution in [2.45, 2.75) is 31.5 Å². The van der Waals surface area contributed by atoms with E-state index in [4.69, 9.17) is 0 Å². The van der Waals surface area contributed by atoms with Gasteiger partial charge >= 0.3 is 0 Å². The predicted octanol–water partition coefficient (Wildman–Crippen LogP) is 2.75. The van der Waals surface area contributed by atoms with E-state index >= 15 is 0 Å². The van der Waals surface area contributed by atoms with E-state index in [1.165, 1.54) is 22.9 Å². The van der Waals surface area contributed by atoms with Crippen molar-refractivity contribution in [2.75, 3.05) is 11.9 Å². The summed E-state index contributed by atoms with van der Waals surface area (Å²) in [7, 11) is 1.49. The van der Waals surface area contributed by atoms with Crippen LogP contribution < -0.4 is 10.2 Å². The standard InChI is InChI=1S/C21H19F2N3O3/c1-12(13-7-8-15(22)16(23)11-13)24-20(29)21-10-9-18(27)26(21)17-6-4-3-5-14(17)19(28)25(21)2/h3-8,11-12H,9-10H2,1-2H3,(H,24,29)/t12-,21-/m1/s1. The largest absolute Gasteiger partial charge is 0.346 e. The maximum atomic E-state index is 13.6. The summed E-state index contributed by atoms with van der Waals surface area (Å²) >= 11 is 0. The minimum absolute atomic E-state index is 0.110. The van der Waals surface area contributed by atoms with Crippen LogP contribution in [0.2, 0.25) is 0 Å². The van der Waals surface area contributed by atoms with Crippen LogP contribution >= 0.6 is 0 Å². The van der Waals surface area contributed by atoms with E-state index in [1.54, 1.807) is 31.2 Å². The molecule has 2 heterocycles. The van der Waals surface area contributed by atoms with Crippen LogP contribution in [0.5, 0.6) is 0 Å². The summed E-state index contributed by atoms with van der Waals surface area (Å²) in [5, 5.41) is 2.76. The minimum atomic E-state index is -1.50. The first-order valence-corrected chi connectivity index (χ1v) is 9.23. The summed E-state index contributed by atoms with van der Waals surface area (Å²) in [5.74, 6) is -3.16. The molecule has 3 amide bonds. The first-order chi connectivity index (χ1) is 13.8. The van der Waals surface area contributed by atoms with Crippen LogP contribution in [0.4, 0.5) is 14.5 Å². The lowest BCUT2D eigenvalue weighted by Gasteiger charge is -2.47. The second-order valence-corrected chi connectivity index (χ2v) is 7.30. The van der Waals surface area contributed by atoms with Gasteiger partial charge in [0, 0.05) is 19.9 Å². The van der Waals surface area contributed by atoms with Gasteiger partial charge < -0.3 is 10.2 Å². The third-order valence-electron chi connectivity index (χ3n) is 5.70. The number of carbonyl (C=O) groups excluding carboxylic acids is 3. The lowest BCUT2D eigenvalue weighted by molar-refractivity contribution is -0.133. The van der Waals surface area contributed by atoms with Crippen LogP contribution in [0.15, 0.2) is 42.5 Å².